The first-order valence-corrected chi connectivity index (χ1v) is 8.58. The monoisotopic (exact) mass is 323 g/mol. The summed E-state index contributed by atoms with van der Waals surface area (Å²) in [6.07, 6.45) is 1.93. The second kappa shape index (κ2) is 7.86. The molecule has 24 heavy (non-hydrogen) atoms. The van der Waals surface area contributed by atoms with Crippen LogP contribution in [0, 0.1) is 6.92 Å². The standard InChI is InChI=1S/C20H25N3O/c1-3-24-20-10-6-18(7-11-20)16-21-23-14-12-22(13-15-23)19-8-4-17(2)5-9-19/h4-11,16H,3,12-15H2,1-2H3/b21-16+. The van der Waals surface area contributed by atoms with Crippen LogP contribution in [0.25, 0.3) is 0 Å². The predicted molar refractivity (Wildman–Crippen MR) is 100 cm³/mol. The van der Waals surface area contributed by atoms with E-state index in [1.807, 2.05) is 37.4 Å². The molecule has 0 aliphatic carbocycles. The molecule has 0 amide bonds. The van der Waals surface area contributed by atoms with E-state index in [2.05, 4.69) is 46.2 Å². The van der Waals surface area contributed by atoms with Crippen molar-refractivity contribution in [2.45, 2.75) is 13.8 Å². The molecule has 0 aromatic heterocycles. The zero-order valence-corrected chi connectivity index (χ0v) is 14.5. The van der Waals surface area contributed by atoms with E-state index in [1.54, 1.807) is 0 Å². The van der Waals surface area contributed by atoms with Crippen LogP contribution in [0.4, 0.5) is 5.69 Å². The molecule has 4 nitrogen and oxygen atoms in total. The molecule has 1 fully saturated rings. The number of hydrogen-bond donors (Lipinski definition) is 0. The third-order valence-electron chi connectivity index (χ3n) is 4.22. The molecule has 1 saturated heterocycles. The normalized spacial score (nSPS) is 15.1. The molecule has 0 unspecified atom stereocenters. The first kappa shape index (κ1) is 16.4. The van der Waals surface area contributed by atoms with Gasteiger partial charge in [-0.05, 0) is 55.8 Å². The average molecular weight is 323 g/mol. The SMILES string of the molecule is CCOc1ccc(/C=N/N2CCN(c3ccc(C)cc3)CC2)cc1. The number of hydrogen-bond acceptors (Lipinski definition) is 4. The van der Waals surface area contributed by atoms with E-state index in [-0.39, 0.29) is 0 Å². The molecule has 0 spiro atoms. The van der Waals surface area contributed by atoms with Gasteiger partial charge in [-0.2, -0.15) is 5.10 Å². The number of aryl methyl sites for hydroxylation is 1. The van der Waals surface area contributed by atoms with Crippen LogP contribution < -0.4 is 9.64 Å². The number of benzene rings is 2. The Balaban J connectivity index is 1.52. The van der Waals surface area contributed by atoms with Crippen molar-refractivity contribution >= 4 is 11.9 Å². The zero-order valence-electron chi connectivity index (χ0n) is 14.5. The van der Waals surface area contributed by atoms with Gasteiger partial charge < -0.3 is 9.64 Å². The van der Waals surface area contributed by atoms with Crippen LogP contribution >= 0.6 is 0 Å². The zero-order chi connectivity index (χ0) is 16.8. The van der Waals surface area contributed by atoms with Gasteiger partial charge in [0, 0.05) is 18.8 Å². The molecule has 0 bridgehead atoms. The summed E-state index contributed by atoms with van der Waals surface area (Å²) in [6, 6.07) is 16.8. The number of ether oxygens (including phenoxy) is 1. The lowest BCUT2D eigenvalue weighted by Gasteiger charge is -2.34. The Morgan fingerprint density at radius 2 is 1.62 bits per heavy atom. The van der Waals surface area contributed by atoms with Crippen molar-refractivity contribution in [1.29, 1.82) is 0 Å². The smallest absolute Gasteiger partial charge is 0.119 e. The van der Waals surface area contributed by atoms with Gasteiger partial charge in [0.05, 0.1) is 25.9 Å². The minimum absolute atomic E-state index is 0.693. The average Bonchev–Trinajstić information content (AvgIpc) is 2.63. The third kappa shape index (κ3) is 4.28. The Morgan fingerprint density at radius 1 is 0.958 bits per heavy atom. The van der Waals surface area contributed by atoms with E-state index in [0.717, 1.165) is 37.5 Å². The van der Waals surface area contributed by atoms with Gasteiger partial charge in [0.1, 0.15) is 5.75 Å². The molecule has 0 saturated carbocycles. The minimum atomic E-state index is 0.693. The number of nitrogens with zero attached hydrogens (tertiary/aromatic N) is 3. The summed E-state index contributed by atoms with van der Waals surface area (Å²) in [6.45, 7) is 8.71. The summed E-state index contributed by atoms with van der Waals surface area (Å²) in [4.78, 5) is 2.42. The molecule has 1 aliphatic rings. The van der Waals surface area contributed by atoms with Crippen LogP contribution in [0.2, 0.25) is 0 Å². The summed E-state index contributed by atoms with van der Waals surface area (Å²) >= 11 is 0. The van der Waals surface area contributed by atoms with Gasteiger partial charge in [-0.1, -0.05) is 17.7 Å². The summed E-state index contributed by atoms with van der Waals surface area (Å²) in [7, 11) is 0. The molecule has 0 N–H and O–H groups in total. The highest BCUT2D eigenvalue weighted by Crippen LogP contribution is 2.17. The summed E-state index contributed by atoms with van der Waals surface area (Å²) in [5, 5.41) is 6.75. The number of anilines is 1. The second-order valence-corrected chi connectivity index (χ2v) is 6.02. The molecule has 1 heterocycles. The maximum atomic E-state index is 5.46. The van der Waals surface area contributed by atoms with E-state index < -0.39 is 0 Å². The maximum absolute atomic E-state index is 5.46. The highest BCUT2D eigenvalue weighted by molar-refractivity contribution is 5.79. The third-order valence-corrected chi connectivity index (χ3v) is 4.22. The molecule has 3 rings (SSSR count). The van der Waals surface area contributed by atoms with E-state index in [1.165, 1.54) is 11.3 Å². The Bertz CT molecular complexity index is 656. The van der Waals surface area contributed by atoms with Crippen molar-refractivity contribution in [3.05, 3.63) is 59.7 Å². The van der Waals surface area contributed by atoms with Gasteiger partial charge >= 0.3 is 0 Å². The Morgan fingerprint density at radius 3 is 2.25 bits per heavy atom. The molecule has 4 heteroatoms. The summed E-state index contributed by atoms with van der Waals surface area (Å²) in [5.74, 6) is 0.904. The molecule has 2 aromatic carbocycles. The van der Waals surface area contributed by atoms with Crippen molar-refractivity contribution in [1.82, 2.24) is 5.01 Å². The number of piperazine rings is 1. The number of rotatable bonds is 5. The van der Waals surface area contributed by atoms with E-state index in [9.17, 15) is 0 Å². The second-order valence-electron chi connectivity index (χ2n) is 6.02. The van der Waals surface area contributed by atoms with Crippen LogP contribution in [0.5, 0.6) is 5.75 Å². The molecule has 1 aliphatic heterocycles. The van der Waals surface area contributed by atoms with Gasteiger partial charge in [0.15, 0.2) is 0 Å². The van der Waals surface area contributed by atoms with Crippen LogP contribution in [-0.2, 0) is 0 Å². The minimum Gasteiger partial charge on any atom is -0.494 e. The van der Waals surface area contributed by atoms with Crippen molar-refractivity contribution in [3.63, 3.8) is 0 Å². The van der Waals surface area contributed by atoms with Crippen LogP contribution in [-0.4, -0.2) is 44.0 Å². The lowest BCUT2D eigenvalue weighted by molar-refractivity contribution is 0.272. The molecule has 0 atom stereocenters. The topological polar surface area (TPSA) is 28.1 Å². The fraction of sp³-hybridized carbons (Fsp3) is 0.350. The lowest BCUT2D eigenvalue weighted by atomic mass is 10.2. The number of hydrazone groups is 1. The molecule has 126 valence electrons. The predicted octanol–water partition coefficient (Wildman–Crippen LogP) is 3.55. The first-order valence-electron chi connectivity index (χ1n) is 8.58. The van der Waals surface area contributed by atoms with Crippen molar-refractivity contribution in [2.75, 3.05) is 37.7 Å². The van der Waals surface area contributed by atoms with Crippen molar-refractivity contribution in [2.24, 2.45) is 5.10 Å². The van der Waals surface area contributed by atoms with Gasteiger partial charge in [-0.15, -0.1) is 0 Å². The highest BCUT2D eigenvalue weighted by Gasteiger charge is 2.15. The summed E-state index contributed by atoms with van der Waals surface area (Å²) < 4.78 is 5.46. The van der Waals surface area contributed by atoms with Gasteiger partial charge in [0.2, 0.25) is 0 Å². The van der Waals surface area contributed by atoms with Crippen molar-refractivity contribution in [3.8, 4) is 5.75 Å². The van der Waals surface area contributed by atoms with Crippen LogP contribution in [0.15, 0.2) is 53.6 Å². The van der Waals surface area contributed by atoms with Crippen LogP contribution in [0.3, 0.4) is 0 Å². The molecular formula is C20H25N3O. The van der Waals surface area contributed by atoms with E-state index in [0.29, 0.717) is 6.61 Å². The Hall–Kier alpha value is -2.49. The fourth-order valence-electron chi connectivity index (χ4n) is 2.79. The lowest BCUT2D eigenvalue weighted by Crippen LogP contribution is -2.44. The molecule has 0 radical (unpaired) electrons. The largest absolute Gasteiger partial charge is 0.494 e. The maximum Gasteiger partial charge on any atom is 0.119 e. The van der Waals surface area contributed by atoms with E-state index in [4.69, 9.17) is 4.74 Å². The summed E-state index contributed by atoms with van der Waals surface area (Å²) in [5.41, 5.74) is 3.70. The highest BCUT2D eigenvalue weighted by atomic mass is 16.5. The fourth-order valence-corrected chi connectivity index (χ4v) is 2.79. The Labute approximate surface area is 144 Å². The van der Waals surface area contributed by atoms with E-state index >= 15 is 0 Å². The van der Waals surface area contributed by atoms with Crippen molar-refractivity contribution < 1.29 is 4.74 Å². The molecular weight excluding hydrogens is 298 g/mol. The van der Waals surface area contributed by atoms with Crippen LogP contribution in [0.1, 0.15) is 18.1 Å². The van der Waals surface area contributed by atoms with Gasteiger partial charge in [-0.25, -0.2) is 0 Å². The Kier molecular flexibility index (Phi) is 5.36. The quantitative estimate of drug-likeness (QED) is 0.788. The van der Waals surface area contributed by atoms with Gasteiger partial charge in [0.25, 0.3) is 0 Å². The van der Waals surface area contributed by atoms with Gasteiger partial charge in [-0.3, -0.25) is 5.01 Å². The molecule has 2 aromatic rings. The first-order chi connectivity index (χ1) is 11.7.